The number of carbonyl (C=O) groups is 1. The number of benzene rings is 2. The molecular weight excluding hydrogens is 364 g/mol. The molecule has 0 aliphatic heterocycles. The van der Waals surface area contributed by atoms with Gasteiger partial charge in [-0.15, -0.1) is 0 Å². The largest absolute Gasteiger partial charge is 0.457 e. The van der Waals surface area contributed by atoms with Gasteiger partial charge in [-0.25, -0.2) is 0 Å². The Bertz CT molecular complexity index is 1080. The molecule has 0 aliphatic carbocycles. The molecule has 0 spiro atoms. The first-order valence-corrected chi connectivity index (χ1v) is 9.37. The van der Waals surface area contributed by atoms with E-state index in [9.17, 15) is 4.79 Å². The van der Waals surface area contributed by atoms with Crippen LogP contribution in [0, 0.1) is 5.41 Å². The quantitative estimate of drug-likeness (QED) is 0.514. The highest BCUT2D eigenvalue weighted by atomic mass is 16.5. The summed E-state index contributed by atoms with van der Waals surface area (Å²) in [5.41, 5.74) is 10.6. The van der Waals surface area contributed by atoms with Gasteiger partial charge in [-0.3, -0.25) is 9.78 Å². The van der Waals surface area contributed by atoms with Crippen molar-refractivity contribution in [3.63, 3.8) is 0 Å². The van der Waals surface area contributed by atoms with E-state index in [0.717, 1.165) is 28.1 Å². The van der Waals surface area contributed by atoms with Crippen molar-refractivity contribution < 1.29 is 9.53 Å². The SMILES string of the molecule is CCc1cc(-c2cc(Oc3ccc(NC)c(C(C)=N)c3)ccn2)ccc1C(N)=O. The molecule has 6 nitrogen and oxygen atoms in total. The summed E-state index contributed by atoms with van der Waals surface area (Å²) in [6.45, 7) is 3.72. The highest BCUT2D eigenvalue weighted by Gasteiger charge is 2.11. The minimum atomic E-state index is -0.430. The third-order valence-corrected chi connectivity index (χ3v) is 4.68. The number of nitrogens with one attached hydrogen (secondary N) is 2. The van der Waals surface area contributed by atoms with Crippen LogP contribution in [0.2, 0.25) is 0 Å². The van der Waals surface area contributed by atoms with Gasteiger partial charge in [0.15, 0.2) is 0 Å². The Hall–Kier alpha value is -3.67. The van der Waals surface area contributed by atoms with E-state index in [1.54, 1.807) is 25.3 Å². The van der Waals surface area contributed by atoms with Crippen molar-refractivity contribution >= 4 is 17.3 Å². The minimum Gasteiger partial charge on any atom is -0.457 e. The maximum Gasteiger partial charge on any atom is 0.248 e. The van der Waals surface area contributed by atoms with Gasteiger partial charge in [0.2, 0.25) is 5.91 Å². The molecule has 0 bridgehead atoms. The second kappa shape index (κ2) is 8.56. The first-order valence-electron chi connectivity index (χ1n) is 9.37. The van der Waals surface area contributed by atoms with Gasteiger partial charge >= 0.3 is 0 Å². The Balaban J connectivity index is 1.92. The molecule has 0 atom stereocenters. The summed E-state index contributed by atoms with van der Waals surface area (Å²) in [6.07, 6.45) is 2.38. The number of aryl methyl sites for hydroxylation is 1. The third-order valence-electron chi connectivity index (χ3n) is 4.68. The molecule has 1 aromatic heterocycles. The van der Waals surface area contributed by atoms with Crippen LogP contribution in [-0.2, 0) is 6.42 Å². The molecule has 6 heteroatoms. The molecular formula is C23H24N4O2. The molecule has 3 rings (SSSR count). The average molecular weight is 388 g/mol. The van der Waals surface area contributed by atoms with Crippen molar-refractivity contribution in [3.8, 4) is 22.8 Å². The fraction of sp³-hybridized carbons (Fsp3) is 0.174. The van der Waals surface area contributed by atoms with Crippen molar-refractivity contribution in [2.45, 2.75) is 20.3 Å². The summed E-state index contributed by atoms with van der Waals surface area (Å²) < 4.78 is 6.01. The number of amides is 1. The number of nitrogens with zero attached hydrogens (tertiary/aromatic N) is 1. The van der Waals surface area contributed by atoms with E-state index in [-0.39, 0.29) is 0 Å². The first kappa shape index (κ1) is 20.1. The molecule has 1 amide bonds. The number of rotatable bonds is 7. The summed E-state index contributed by atoms with van der Waals surface area (Å²) in [7, 11) is 1.82. The lowest BCUT2D eigenvalue weighted by Gasteiger charge is -2.12. The van der Waals surface area contributed by atoms with Gasteiger partial charge in [-0.1, -0.05) is 13.0 Å². The average Bonchev–Trinajstić information content (AvgIpc) is 2.73. The van der Waals surface area contributed by atoms with Crippen molar-refractivity contribution in [2.75, 3.05) is 12.4 Å². The number of ether oxygens (including phenoxy) is 1. The zero-order valence-electron chi connectivity index (χ0n) is 16.7. The van der Waals surface area contributed by atoms with Crippen LogP contribution in [0.5, 0.6) is 11.5 Å². The Morgan fingerprint density at radius 1 is 1.10 bits per heavy atom. The summed E-state index contributed by atoms with van der Waals surface area (Å²) >= 11 is 0. The molecule has 148 valence electrons. The van der Waals surface area contributed by atoms with Gasteiger partial charge in [0, 0.05) is 47.4 Å². The van der Waals surface area contributed by atoms with Gasteiger partial charge < -0.3 is 21.2 Å². The van der Waals surface area contributed by atoms with Gasteiger partial charge in [0.05, 0.1) is 5.69 Å². The standard InChI is InChI=1S/C23H24N4O2/c1-4-15-11-16(5-7-19(15)23(25)28)22-13-18(9-10-27-22)29-17-6-8-21(26-3)20(12-17)14(2)24/h5-13,24,26H,4H2,1-3H3,(H2,25,28). The molecule has 0 radical (unpaired) electrons. The molecule has 0 fully saturated rings. The highest BCUT2D eigenvalue weighted by Crippen LogP contribution is 2.29. The molecule has 2 aromatic carbocycles. The fourth-order valence-electron chi connectivity index (χ4n) is 3.17. The zero-order valence-corrected chi connectivity index (χ0v) is 16.7. The summed E-state index contributed by atoms with van der Waals surface area (Å²) in [5.74, 6) is 0.847. The van der Waals surface area contributed by atoms with Crippen LogP contribution >= 0.6 is 0 Å². The van der Waals surface area contributed by atoms with E-state index in [2.05, 4.69) is 10.3 Å². The number of pyridine rings is 1. The Labute approximate surface area is 170 Å². The van der Waals surface area contributed by atoms with Gasteiger partial charge in [-0.2, -0.15) is 0 Å². The number of carbonyl (C=O) groups excluding carboxylic acids is 1. The van der Waals surface area contributed by atoms with Crippen LogP contribution in [-0.4, -0.2) is 23.7 Å². The molecule has 1 heterocycles. The molecule has 0 aliphatic rings. The molecule has 3 aromatic rings. The van der Waals surface area contributed by atoms with Gasteiger partial charge in [-0.05, 0) is 55.3 Å². The lowest BCUT2D eigenvalue weighted by molar-refractivity contribution is 0.0999. The Morgan fingerprint density at radius 2 is 1.86 bits per heavy atom. The van der Waals surface area contributed by atoms with Crippen LogP contribution in [0.25, 0.3) is 11.3 Å². The number of nitrogens with two attached hydrogens (primary N) is 1. The number of aromatic nitrogens is 1. The highest BCUT2D eigenvalue weighted by molar-refractivity contribution is 6.01. The van der Waals surface area contributed by atoms with E-state index >= 15 is 0 Å². The maximum atomic E-state index is 11.6. The molecule has 0 saturated carbocycles. The van der Waals surface area contributed by atoms with Gasteiger partial charge in [0.25, 0.3) is 0 Å². The van der Waals surface area contributed by atoms with Crippen molar-refractivity contribution in [2.24, 2.45) is 5.73 Å². The van der Waals surface area contributed by atoms with E-state index in [1.165, 1.54) is 0 Å². The van der Waals surface area contributed by atoms with Crippen molar-refractivity contribution in [3.05, 3.63) is 71.4 Å². The lowest BCUT2D eigenvalue weighted by Crippen LogP contribution is -2.13. The van der Waals surface area contributed by atoms with E-state index < -0.39 is 5.91 Å². The second-order valence-electron chi connectivity index (χ2n) is 6.65. The first-order chi connectivity index (χ1) is 13.9. The van der Waals surface area contributed by atoms with Crippen LogP contribution in [0.3, 0.4) is 0 Å². The smallest absolute Gasteiger partial charge is 0.248 e. The van der Waals surface area contributed by atoms with E-state index in [4.69, 9.17) is 15.9 Å². The summed E-state index contributed by atoms with van der Waals surface area (Å²) in [6, 6.07) is 14.7. The normalized spacial score (nSPS) is 10.4. The number of anilines is 1. The van der Waals surface area contributed by atoms with Crippen molar-refractivity contribution in [1.82, 2.24) is 4.98 Å². The topological polar surface area (TPSA) is 101 Å². The monoisotopic (exact) mass is 388 g/mol. The minimum absolute atomic E-state index is 0.430. The summed E-state index contributed by atoms with van der Waals surface area (Å²) in [4.78, 5) is 16.0. The number of hydrogen-bond donors (Lipinski definition) is 3. The van der Waals surface area contributed by atoms with Crippen molar-refractivity contribution in [1.29, 1.82) is 5.41 Å². The third kappa shape index (κ3) is 4.43. The Morgan fingerprint density at radius 3 is 2.52 bits per heavy atom. The fourth-order valence-corrected chi connectivity index (χ4v) is 3.17. The van der Waals surface area contributed by atoms with E-state index in [0.29, 0.717) is 29.2 Å². The predicted molar refractivity (Wildman–Crippen MR) is 116 cm³/mol. The second-order valence-corrected chi connectivity index (χ2v) is 6.65. The van der Waals surface area contributed by atoms with Crippen LogP contribution in [0.4, 0.5) is 5.69 Å². The maximum absolute atomic E-state index is 11.6. The number of primary amides is 1. The van der Waals surface area contributed by atoms with Crippen LogP contribution in [0.1, 0.15) is 35.3 Å². The predicted octanol–water partition coefficient (Wildman–Crippen LogP) is 4.63. The Kier molecular flexibility index (Phi) is 5.93. The van der Waals surface area contributed by atoms with Gasteiger partial charge in [0.1, 0.15) is 11.5 Å². The molecule has 0 unspecified atom stereocenters. The zero-order chi connectivity index (χ0) is 21.0. The summed E-state index contributed by atoms with van der Waals surface area (Å²) in [5, 5.41) is 11.0. The van der Waals surface area contributed by atoms with Crippen LogP contribution < -0.4 is 15.8 Å². The van der Waals surface area contributed by atoms with E-state index in [1.807, 2.05) is 50.4 Å². The molecule has 29 heavy (non-hydrogen) atoms. The molecule has 4 N–H and O–H groups in total. The number of hydrogen-bond acceptors (Lipinski definition) is 5. The molecule has 0 saturated heterocycles. The van der Waals surface area contributed by atoms with Crippen LogP contribution in [0.15, 0.2) is 54.7 Å². The lowest BCUT2D eigenvalue weighted by atomic mass is 9.99.